The van der Waals surface area contributed by atoms with Crippen molar-refractivity contribution in [2.75, 3.05) is 4.90 Å². The first-order valence-electron chi connectivity index (χ1n) is 8.39. The highest BCUT2D eigenvalue weighted by Gasteiger charge is 2.22. The van der Waals surface area contributed by atoms with Gasteiger partial charge in [0, 0.05) is 6.20 Å². The zero-order chi connectivity index (χ0) is 19.0. The number of rotatable bonds is 4. The number of oxazole rings is 1. The molecule has 0 bridgehead atoms. The predicted octanol–water partition coefficient (Wildman–Crippen LogP) is 3.80. The van der Waals surface area contributed by atoms with Gasteiger partial charge in [0.1, 0.15) is 5.52 Å². The highest BCUT2D eigenvalue weighted by molar-refractivity contribution is 5.93. The molecule has 0 saturated heterocycles. The van der Waals surface area contributed by atoms with E-state index in [-0.39, 0.29) is 5.56 Å². The number of carbonyl (C=O) groups is 1. The van der Waals surface area contributed by atoms with E-state index in [1.165, 1.54) is 6.20 Å². The van der Waals surface area contributed by atoms with Gasteiger partial charge in [-0.1, -0.05) is 29.8 Å². The lowest BCUT2D eigenvalue weighted by atomic mass is 10.2. The first kappa shape index (κ1) is 16.7. The van der Waals surface area contributed by atoms with Crippen LogP contribution in [-0.2, 0) is 0 Å². The van der Waals surface area contributed by atoms with Crippen LogP contribution in [0.25, 0.3) is 11.1 Å². The van der Waals surface area contributed by atoms with E-state index in [0.717, 1.165) is 16.8 Å². The Hall–Kier alpha value is -3.74. The molecule has 0 saturated carbocycles. The minimum Gasteiger partial charge on any atom is -0.423 e. The topological polar surface area (TPSA) is 98.1 Å². The average molecular weight is 359 g/mol. The van der Waals surface area contributed by atoms with Crippen molar-refractivity contribution >= 4 is 34.7 Å². The average Bonchev–Trinajstić information content (AvgIpc) is 3.07. The van der Waals surface area contributed by atoms with Gasteiger partial charge in [0.15, 0.2) is 5.58 Å². The van der Waals surface area contributed by atoms with Crippen LogP contribution in [0.2, 0.25) is 0 Å². The molecule has 7 nitrogen and oxygen atoms in total. The Morgan fingerprint density at radius 2 is 1.78 bits per heavy atom. The molecule has 0 aliphatic heterocycles. The van der Waals surface area contributed by atoms with Crippen molar-refractivity contribution in [3.63, 3.8) is 0 Å². The fourth-order valence-corrected chi connectivity index (χ4v) is 2.77. The molecular weight excluding hydrogens is 342 g/mol. The van der Waals surface area contributed by atoms with Crippen LogP contribution in [0.15, 0.2) is 59.1 Å². The number of nitrogens with two attached hydrogens (primary N) is 1. The molecule has 7 heteroatoms. The third kappa shape index (κ3) is 3.10. The van der Waals surface area contributed by atoms with Crippen molar-refractivity contribution < 1.29 is 9.21 Å². The van der Waals surface area contributed by atoms with Crippen LogP contribution in [0.1, 0.15) is 21.6 Å². The fourth-order valence-electron chi connectivity index (χ4n) is 2.77. The third-order valence-corrected chi connectivity index (χ3v) is 4.20. The number of hydrogen-bond acceptors (Lipinski definition) is 6. The summed E-state index contributed by atoms with van der Waals surface area (Å²) in [5.74, 6) is -0.226. The number of carbonyl (C=O) groups excluding carboxylic acids is 1. The Labute approximate surface area is 155 Å². The van der Waals surface area contributed by atoms with Gasteiger partial charge in [-0.2, -0.15) is 4.98 Å². The van der Waals surface area contributed by atoms with Crippen molar-refractivity contribution in [3.8, 4) is 0 Å². The van der Waals surface area contributed by atoms with Gasteiger partial charge in [-0.15, -0.1) is 0 Å². The normalized spacial score (nSPS) is 10.9. The summed E-state index contributed by atoms with van der Waals surface area (Å²) in [4.78, 5) is 26.5. The Balaban J connectivity index is 1.89. The van der Waals surface area contributed by atoms with E-state index >= 15 is 0 Å². The van der Waals surface area contributed by atoms with E-state index in [0.29, 0.717) is 23.2 Å². The molecule has 4 rings (SSSR count). The Bertz CT molecular complexity index is 1100. The number of fused-ring (bicyclic) bond motifs is 1. The van der Waals surface area contributed by atoms with E-state index in [1.807, 2.05) is 55.5 Å². The predicted molar refractivity (Wildman–Crippen MR) is 102 cm³/mol. The molecule has 0 aliphatic rings. The summed E-state index contributed by atoms with van der Waals surface area (Å²) >= 11 is 0. The van der Waals surface area contributed by atoms with Crippen molar-refractivity contribution in [2.24, 2.45) is 5.73 Å². The van der Waals surface area contributed by atoms with Crippen molar-refractivity contribution in [1.82, 2.24) is 15.0 Å². The van der Waals surface area contributed by atoms with Gasteiger partial charge in [-0.3, -0.25) is 4.79 Å². The molecule has 27 heavy (non-hydrogen) atoms. The monoisotopic (exact) mass is 359 g/mol. The second-order valence-corrected chi connectivity index (χ2v) is 6.17. The lowest BCUT2D eigenvalue weighted by molar-refractivity contribution is 0.0999. The van der Waals surface area contributed by atoms with E-state index < -0.39 is 5.91 Å². The number of benzene rings is 2. The van der Waals surface area contributed by atoms with Crippen LogP contribution in [0.5, 0.6) is 0 Å². The Kier molecular flexibility index (Phi) is 4.04. The number of nitrogens with zero attached hydrogens (tertiary/aromatic N) is 4. The lowest BCUT2D eigenvalue weighted by Crippen LogP contribution is -2.18. The third-order valence-electron chi connectivity index (χ3n) is 4.20. The van der Waals surface area contributed by atoms with Crippen LogP contribution in [0.4, 0.5) is 17.7 Å². The molecule has 0 atom stereocenters. The molecule has 134 valence electrons. The zero-order valence-electron chi connectivity index (χ0n) is 14.9. The second kappa shape index (κ2) is 6.53. The summed E-state index contributed by atoms with van der Waals surface area (Å²) < 4.78 is 5.93. The maximum atomic E-state index is 11.5. The van der Waals surface area contributed by atoms with E-state index in [4.69, 9.17) is 10.2 Å². The van der Waals surface area contributed by atoms with Gasteiger partial charge in [-0.25, -0.2) is 14.9 Å². The molecule has 0 radical (unpaired) electrons. The Morgan fingerprint density at radius 1 is 1.04 bits per heavy atom. The number of amides is 1. The number of aryl methyl sites for hydroxylation is 2. The van der Waals surface area contributed by atoms with Crippen LogP contribution in [0, 0.1) is 13.8 Å². The summed E-state index contributed by atoms with van der Waals surface area (Å²) in [6.45, 7) is 3.72. The SMILES string of the molecule is Cc1ccc(N(c2ncc(C(N)=O)c(C)n2)c2nc3ccccc3o2)cc1. The van der Waals surface area contributed by atoms with E-state index in [1.54, 1.807) is 11.8 Å². The maximum absolute atomic E-state index is 11.5. The molecule has 0 unspecified atom stereocenters. The molecule has 2 aromatic heterocycles. The molecule has 1 amide bonds. The van der Waals surface area contributed by atoms with Crippen molar-refractivity contribution in [3.05, 3.63) is 71.5 Å². The van der Waals surface area contributed by atoms with Crippen LogP contribution < -0.4 is 10.6 Å². The molecule has 0 aliphatic carbocycles. The summed E-state index contributed by atoms with van der Waals surface area (Å²) in [6, 6.07) is 15.7. The van der Waals surface area contributed by atoms with Crippen LogP contribution in [0.3, 0.4) is 0 Å². The largest absolute Gasteiger partial charge is 0.423 e. The summed E-state index contributed by atoms with van der Waals surface area (Å²) in [5.41, 5.74) is 9.44. The highest BCUT2D eigenvalue weighted by Crippen LogP contribution is 2.33. The van der Waals surface area contributed by atoms with Crippen LogP contribution >= 0.6 is 0 Å². The standard InChI is InChI=1S/C20H17N5O2/c1-12-7-9-14(10-8-12)25(19-22-11-15(18(21)26)13(2)23-19)20-24-16-5-3-4-6-17(16)27-20/h3-11H,1-2H3,(H2,21,26). The molecule has 0 spiro atoms. The first-order chi connectivity index (χ1) is 13.0. The van der Waals surface area contributed by atoms with Crippen molar-refractivity contribution in [2.45, 2.75) is 13.8 Å². The molecule has 2 aromatic carbocycles. The lowest BCUT2D eigenvalue weighted by Gasteiger charge is -2.19. The van der Waals surface area contributed by atoms with Gasteiger partial charge >= 0.3 is 6.01 Å². The molecule has 2 heterocycles. The van der Waals surface area contributed by atoms with Gasteiger partial charge in [0.05, 0.1) is 16.9 Å². The molecular formula is C20H17N5O2. The number of anilines is 3. The van der Waals surface area contributed by atoms with E-state index in [2.05, 4.69) is 15.0 Å². The smallest absolute Gasteiger partial charge is 0.310 e. The first-order valence-corrected chi connectivity index (χ1v) is 8.39. The van der Waals surface area contributed by atoms with E-state index in [9.17, 15) is 4.79 Å². The van der Waals surface area contributed by atoms with Gasteiger partial charge in [-0.05, 0) is 38.1 Å². The summed E-state index contributed by atoms with van der Waals surface area (Å²) in [6.07, 6.45) is 1.42. The fraction of sp³-hybridized carbons (Fsp3) is 0.100. The van der Waals surface area contributed by atoms with Gasteiger partial charge in [0.25, 0.3) is 5.91 Å². The molecule has 0 fully saturated rings. The van der Waals surface area contributed by atoms with Gasteiger partial charge in [0.2, 0.25) is 5.95 Å². The minimum atomic E-state index is -0.567. The quantitative estimate of drug-likeness (QED) is 0.595. The minimum absolute atomic E-state index is 0.278. The maximum Gasteiger partial charge on any atom is 0.310 e. The Morgan fingerprint density at radius 3 is 2.44 bits per heavy atom. The zero-order valence-corrected chi connectivity index (χ0v) is 14.9. The number of aromatic nitrogens is 3. The molecule has 4 aromatic rings. The number of hydrogen-bond donors (Lipinski definition) is 1. The number of primary amides is 1. The number of para-hydroxylation sites is 2. The van der Waals surface area contributed by atoms with Crippen LogP contribution in [-0.4, -0.2) is 20.9 Å². The molecule has 2 N–H and O–H groups in total. The highest BCUT2D eigenvalue weighted by atomic mass is 16.4. The van der Waals surface area contributed by atoms with Gasteiger partial charge < -0.3 is 10.2 Å². The summed E-state index contributed by atoms with van der Waals surface area (Å²) in [7, 11) is 0. The second-order valence-electron chi connectivity index (χ2n) is 6.17. The van der Waals surface area contributed by atoms with Crippen molar-refractivity contribution in [1.29, 1.82) is 0 Å². The summed E-state index contributed by atoms with van der Waals surface area (Å²) in [5, 5.41) is 0.